The first-order chi connectivity index (χ1) is 8.09. The standard InChI is InChI=1S/C14H15FN2/c1-9-5-3-7-12(16)14(9)17-13-8-4-6-11(15)10(13)2/h3-8,17H,16H2,1-2H3. The molecule has 0 unspecified atom stereocenters. The molecule has 0 heterocycles. The second-order valence-electron chi connectivity index (χ2n) is 4.08. The summed E-state index contributed by atoms with van der Waals surface area (Å²) in [5.41, 5.74) is 9.77. The highest BCUT2D eigenvalue weighted by molar-refractivity contribution is 5.76. The SMILES string of the molecule is Cc1cccc(N)c1Nc1cccc(F)c1C. The van der Waals surface area contributed by atoms with Crippen molar-refractivity contribution in [1.29, 1.82) is 0 Å². The van der Waals surface area contributed by atoms with Gasteiger partial charge in [0.2, 0.25) is 0 Å². The third-order valence-electron chi connectivity index (χ3n) is 2.83. The Morgan fingerprint density at radius 2 is 1.76 bits per heavy atom. The maximum atomic E-state index is 13.4. The van der Waals surface area contributed by atoms with Crippen LogP contribution in [0.3, 0.4) is 0 Å². The molecule has 0 saturated carbocycles. The van der Waals surface area contributed by atoms with Crippen molar-refractivity contribution in [2.45, 2.75) is 13.8 Å². The quantitative estimate of drug-likeness (QED) is 0.771. The number of para-hydroxylation sites is 1. The van der Waals surface area contributed by atoms with Gasteiger partial charge in [-0.3, -0.25) is 0 Å². The molecule has 0 aliphatic heterocycles. The third kappa shape index (κ3) is 2.23. The van der Waals surface area contributed by atoms with Crippen LogP contribution in [-0.2, 0) is 0 Å². The molecule has 0 radical (unpaired) electrons. The van der Waals surface area contributed by atoms with Gasteiger partial charge in [0, 0.05) is 11.3 Å². The van der Waals surface area contributed by atoms with Gasteiger partial charge in [-0.25, -0.2) is 4.39 Å². The van der Waals surface area contributed by atoms with E-state index in [1.165, 1.54) is 6.07 Å². The van der Waals surface area contributed by atoms with Crippen LogP contribution in [0.1, 0.15) is 11.1 Å². The van der Waals surface area contributed by atoms with E-state index in [1.54, 1.807) is 13.0 Å². The summed E-state index contributed by atoms with van der Waals surface area (Å²) < 4.78 is 13.4. The zero-order chi connectivity index (χ0) is 12.4. The number of nitrogens with one attached hydrogen (secondary N) is 1. The van der Waals surface area contributed by atoms with Crippen molar-refractivity contribution in [3.63, 3.8) is 0 Å². The number of halogens is 1. The Kier molecular flexibility index (Phi) is 3.00. The van der Waals surface area contributed by atoms with Gasteiger partial charge in [0.1, 0.15) is 5.82 Å². The molecule has 0 spiro atoms. The summed E-state index contributed by atoms with van der Waals surface area (Å²) in [6.45, 7) is 3.71. The van der Waals surface area contributed by atoms with Crippen LogP contribution in [0.25, 0.3) is 0 Å². The van der Waals surface area contributed by atoms with Crippen LogP contribution in [-0.4, -0.2) is 0 Å². The number of nitrogens with two attached hydrogens (primary N) is 1. The Morgan fingerprint density at radius 3 is 2.47 bits per heavy atom. The maximum Gasteiger partial charge on any atom is 0.128 e. The zero-order valence-electron chi connectivity index (χ0n) is 9.92. The van der Waals surface area contributed by atoms with E-state index < -0.39 is 0 Å². The van der Waals surface area contributed by atoms with E-state index in [0.717, 1.165) is 16.9 Å². The number of hydrogen-bond donors (Lipinski definition) is 2. The first kappa shape index (κ1) is 11.5. The van der Waals surface area contributed by atoms with Gasteiger partial charge in [-0.2, -0.15) is 0 Å². The second-order valence-corrected chi connectivity index (χ2v) is 4.08. The molecule has 3 N–H and O–H groups in total. The summed E-state index contributed by atoms with van der Waals surface area (Å²) in [6, 6.07) is 10.6. The van der Waals surface area contributed by atoms with E-state index in [0.29, 0.717) is 11.3 Å². The largest absolute Gasteiger partial charge is 0.397 e. The molecular weight excluding hydrogens is 215 g/mol. The number of anilines is 3. The molecule has 0 bridgehead atoms. The lowest BCUT2D eigenvalue weighted by molar-refractivity contribution is 0.619. The van der Waals surface area contributed by atoms with Crippen LogP contribution >= 0.6 is 0 Å². The summed E-state index contributed by atoms with van der Waals surface area (Å²) in [6.07, 6.45) is 0. The zero-order valence-corrected chi connectivity index (χ0v) is 9.92. The molecule has 2 rings (SSSR count). The second kappa shape index (κ2) is 4.45. The molecule has 3 heteroatoms. The Bertz CT molecular complexity index is 530. The van der Waals surface area contributed by atoms with Crippen molar-refractivity contribution in [3.8, 4) is 0 Å². The van der Waals surface area contributed by atoms with Crippen molar-refractivity contribution >= 4 is 17.1 Å². The summed E-state index contributed by atoms with van der Waals surface area (Å²) >= 11 is 0. The molecule has 0 aliphatic carbocycles. The molecule has 0 aromatic heterocycles. The normalized spacial score (nSPS) is 10.3. The summed E-state index contributed by atoms with van der Waals surface area (Å²) in [5.74, 6) is -0.220. The molecule has 0 fully saturated rings. The fourth-order valence-corrected chi connectivity index (χ4v) is 1.74. The number of nitrogen functional groups attached to an aromatic ring is 1. The highest BCUT2D eigenvalue weighted by atomic mass is 19.1. The van der Waals surface area contributed by atoms with Gasteiger partial charge < -0.3 is 11.1 Å². The first-order valence-corrected chi connectivity index (χ1v) is 5.47. The first-order valence-electron chi connectivity index (χ1n) is 5.47. The fourth-order valence-electron chi connectivity index (χ4n) is 1.74. The average molecular weight is 230 g/mol. The van der Waals surface area contributed by atoms with Gasteiger partial charge >= 0.3 is 0 Å². The fraction of sp³-hybridized carbons (Fsp3) is 0.143. The van der Waals surface area contributed by atoms with Gasteiger partial charge in [-0.1, -0.05) is 18.2 Å². The lowest BCUT2D eigenvalue weighted by Gasteiger charge is -2.14. The van der Waals surface area contributed by atoms with E-state index in [2.05, 4.69) is 5.32 Å². The van der Waals surface area contributed by atoms with E-state index in [-0.39, 0.29) is 5.82 Å². The maximum absolute atomic E-state index is 13.4. The van der Waals surface area contributed by atoms with Gasteiger partial charge in [0.05, 0.1) is 11.4 Å². The van der Waals surface area contributed by atoms with Crippen molar-refractivity contribution < 1.29 is 4.39 Å². The van der Waals surface area contributed by atoms with Crippen molar-refractivity contribution in [2.75, 3.05) is 11.1 Å². The van der Waals surface area contributed by atoms with Gasteiger partial charge in [0.15, 0.2) is 0 Å². The number of benzene rings is 2. The predicted molar refractivity (Wildman–Crippen MR) is 70.0 cm³/mol. The molecule has 2 aromatic rings. The smallest absolute Gasteiger partial charge is 0.128 e. The monoisotopic (exact) mass is 230 g/mol. The molecule has 0 saturated heterocycles. The van der Waals surface area contributed by atoms with Gasteiger partial charge in [-0.05, 0) is 37.6 Å². The third-order valence-corrected chi connectivity index (χ3v) is 2.83. The van der Waals surface area contributed by atoms with E-state index in [9.17, 15) is 4.39 Å². The molecule has 2 nitrogen and oxygen atoms in total. The van der Waals surface area contributed by atoms with E-state index >= 15 is 0 Å². The highest BCUT2D eigenvalue weighted by Crippen LogP contribution is 2.28. The molecular formula is C14H15FN2. The summed E-state index contributed by atoms with van der Waals surface area (Å²) in [4.78, 5) is 0. The molecule has 0 amide bonds. The molecule has 2 aromatic carbocycles. The lowest BCUT2D eigenvalue weighted by Crippen LogP contribution is -2.00. The number of rotatable bonds is 2. The highest BCUT2D eigenvalue weighted by Gasteiger charge is 2.07. The van der Waals surface area contributed by atoms with Gasteiger partial charge in [-0.15, -0.1) is 0 Å². The molecule has 0 atom stereocenters. The topological polar surface area (TPSA) is 38.0 Å². The Labute approximate surface area is 100 Å². The average Bonchev–Trinajstić information content (AvgIpc) is 2.29. The van der Waals surface area contributed by atoms with Crippen LogP contribution < -0.4 is 11.1 Å². The van der Waals surface area contributed by atoms with E-state index in [1.807, 2.05) is 31.2 Å². The Hall–Kier alpha value is -2.03. The van der Waals surface area contributed by atoms with Crippen LogP contribution in [0.2, 0.25) is 0 Å². The lowest BCUT2D eigenvalue weighted by atomic mass is 10.1. The van der Waals surface area contributed by atoms with Crippen LogP contribution in [0, 0.1) is 19.7 Å². The molecule has 17 heavy (non-hydrogen) atoms. The van der Waals surface area contributed by atoms with Crippen LogP contribution in [0.15, 0.2) is 36.4 Å². The number of hydrogen-bond acceptors (Lipinski definition) is 2. The van der Waals surface area contributed by atoms with Crippen LogP contribution in [0.4, 0.5) is 21.5 Å². The predicted octanol–water partition coefficient (Wildman–Crippen LogP) is 3.77. The molecule has 0 aliphatic rings. The minimum atomic E-state index is -0.220. The van der Waals surface area contributed by atoms with Crippen molar-refractivity contribution in [3.05, 3.63) is 53.3 Å². The summed E-state index contributed by atoms with van der Waals surface area (Å²) in [7, 11) is 0. The molecule has 88 valence electrons. The Morgan fingerprint density at radius 1 is 1.06 bits per heavy atom. The summed E-state index contributed by atoms with van der Waals surface area (Å²) in [5, 5.41) is 3.18. The van der Waals surface area contributed by atoms with Gasteiger partial charge in [0.25, 0.3) is 0 Å². The minimum absolute atomic E-state index is 0.220. The minimum Gasteiger partial charge on any atom is -0.397 e. The number of aryl methyl sites for hydroxylation is 1. The Balaban J connectivity index is 2.42. The van der Waals surface area contributed by atoms with Crippen molar-refractivity contribution in [1.82, 2.24) is 0 Å². The van der Waals surface area contributed by atoms with E-state index in [4.69, 9.17) is 5.73 Å². The van der Waals surface area contributed by atoms with Crippen molar-refractivity contribution in [2.24, 2.45) is 0 Å². The van der Waals surface area contributed by atoms with Crippen LogP contribution in [0.5, 0.6) is 0 Å².